The van der Waals surface area contributed by atoms with Crippen LogP contribution in [0.4, 0.5) is 0 Å². The van der Waals surface area contributed by atoms with Gasteiger partial charge in [0.15, 0.2) is 5.79 Å². The molecule has 0 aromatic rings. The Labute approximate surface area is 101 Å². The summed E-state index contributed by atoms with van der Waals surface area (Å²) in [4.78, 5) is 11.1. The smallest absolute Gasteiger partial charge is 0.303 e. The Bertz CT molecular complexity index is 374. The summed E-state index contributed by atoms with van der Waals surface area (Å²) in [7, 11) is 0. The van der Waals surface area contributed by atoms with Gasteiger partial charge in [-0.2, -0.15) is 0 Å². The van der Waals surface area contributed by atoms with Crippen LogP contribution in [0.25, 0.3) is 0 Å². The van der Waals surface area contributed by atoms with Gasteiger partial charge in [-0.15, -0.1) is 0 Å². The van der Waals surface area contributed by atoms with E-state index in [1.807, 2.05) is 19.9 Å². The maximum atomic E-state index is 11.1. The first kappa shape index (κ1) is 11.2. The Morgan fingerprint density at radius 1 is 1.29 bits per heavy atom. The maximum Gasteiger partial charge on any atom is 0.303 e. The van der Waals surface area contributed by atoms with E-state index in [0.717, 1.165) is 6.42 Å². The summed E-state index contributed by atoms with van der Waals surface area (Å²) in [5.74, 6) is -0.114. The van der Waals surface area contributed by atoms with E-state index in [1.54, 1.807) is 0 Å². The van der Waals surface area contributed by atoms with Crippen LogP contribution < -0.4 is 0 Å². The number of hydrogen-bond donors (Lipinski definition) is 0. The Morgan fingerprint density at radius 3 is 2.71 bits per heavy atom. The molecule has 1 saturated carbocycles. The van der Waals surface area contributed by atoms with E-state index < -0.39 is 5.79 Å². The van der Waals surface area contributed by atoms with Crippen molar-refractivity contribution in [3.8, 4) is 0 Å². The molecule has 0 amide bonds. The van der Waals surface area contributed by atoms with Crippen molar-refractivity contribution < 1.29 is 19.0 Å². The molecule has 2 fully saturated rings. The summed E-state index contributed by atoms with van der Waals surface area (Å²) in [6.07, 6.45) is 5.09. The Kier molecular flexibility index (Phi) is 2.35. The molecule has 0 unspecified atom stereocenters. The summed E-state index contributed by atoms with van der Waals surface area (Å²) in [5, 5.41) is 0. The molecule has 1 heterocycles. The summed E-state index contributed by atoms with van der Waals surface area (Å²) < 4.78 is 17.2. The lowest BCUT2D eigenvalue weighted by molar-refractivity contribution is -0.168. The van der Waals surface area contributed by atoms with E-state index >= 15 is 0 Å². The van der Waals surface area contributed by atoms with Crippen LogP contribution in [0, 0.1) is 11.8 Å². The number of carbonyl (C=O) groups excluding carboxylic acids is 1. The molecule has 5 atom stereocenters. The topological polar surface area (TPSA) is 44.8 Å². The second kappa shape index (κ2) is 3.56. The number of hydrogen-bond acceptors (Lipinski definition) is 4. The highest BCUT2D eigenvalue weighted by Gasteiger charge is 2.56. The first-order valence-corrected chi connectivity index (χ1v) is 6.17. The van der Waals surface area contributed by atoms with Gasteiger partial charge in [0.05, 0.1) is 12.2 Å². The molecule has 1 saturated heterocycles. The minimum Gasteiger partial charge on any atom is -0.458 e. The van der Waals surface area contributed by atoms with Crippen LogP contribution in [0.1, 0.15) is 27.2 Å². The van der Waals surface area contributed by atoms with Crippen LogP contribution in [-0.4, -0.2) is 30.1 Å². The van der Waals surface area contributed by atoms with Crippen molar-refractivity contribution >= 4 is 5.97 Å². The monoisotopic (exact) mass is 238 g/mol. The summed E-state index contributed by atoms with van der Waals surface area (Å²) in [6, 6.07) is 0. The fourth-order valence-electron chi connectivity index (χ4n) is 3.28. The lowest BCUT2D eigenvalue weighted by atomic mass is 9.92. The van der Waals surface area contributed by atoms with Crippen LogP contribution in [0.3, 0.4) is 0 Å². The quantitative estimate of drug-likeness (QED) is 0.514. The third kappa shape index (κ3) is 1.79. The molecule has 0 spiro atoms. The number of rotatable bonds is 1. The minimum atomic E-state index is -0.516. The van der Waals surface area contributed by atoms with Crippen molar-refractivity contribution in [3.05, 3.63) is 12.2 Å². The van der Waals surface area contributed by atoms with Gasteiger partial charge >= 0.3 is 5.97 Å². The molecule has 0 radical (unpaired) electrons. The van der Waals surface area contributed by atoms with Gasteiger partial charge in [0.2, 0.25) is 0 Å². The lowest BCUT2D eigenvalue weighted by Crippen LogP contribution is -2.34. The Morgan fingerprint density at radius 2 is 2.00 bits per heavy atom. The molecule has 17 heavy (non-hydrogen) atoms. The first-order chi connectivity index (χ1) is 7.96. The molecule has 94 valence electrons. The zero-order valence-corrected chi connectivity index (χ0v) is 10.4. The number of carbonyl (C=O) groups is 1. The van der Waals surface area contributed by atoms with Crippen molar-refractivity contribution in [1.29, 1.82) is 0 Å². The summed E-state index contributed by atoms with van der Waals surface area (Å²) >= 11 is 0. The third-order valence-electron chi connectivity index (χ3n) is 3.82. The molecule has 3 rings (SSSR count). The lowest BCUT2D eigenvalue weighted by Gasteiger charge is -2.28. The van der Waals surface area contributed by atoms with Gasteiger partial charge in [-0.05, 0) is 26.3 Å². The predicted octanol–water partition coefficient (Wildman–Crippen LogP) is 1.64. The largest absolute Gasteiger partial charge is 0.458 e. The predicted molar refractivity (Wildman–Crippen MR) is 60.1 cm³/mol. The van der Waals surface area contributed by atoms with E-state index in [1.165, 1.54) is 6.92 Å². The third-order valence-corrected chi connectivity index (χ3v) is 3.82. The van der Waals surface area contributed by atoms with E-state index in [2.05, 4.69) is 6.08 Å². The maximum absolute atomic E-state index is 11.1. The van der Waals surface area contributed by atoms with Crippen LogP contribution in [-0.2, 0) is 19.0 Å². The Balaban J connectivity index is 1.82. The molecule has 4 heteroatoms. The van der Waals surface area contributed by atoms with Gasteiger partial charge in [-0.25, -0.2) is 0 Å². The summed E-state index contributed by atoms with van der Waals surface area (Å²) in [6.45, 7) is 5.32. The fraction of sp³-hybridized carbons (Fsp3) is 0.769. The molecule has 2 aliphatic carbocycles. The van der Waals surface area contributed by atoms with E-state index in [9.17, 15) is 4.79 Å². The molecule has 2 bridgehead atoms. The van der Waals surface area contributed by atoms with Crippen LogP contribution in [0.2, 0.25) is 0 Å². The van der Waals surface area contributed by atoms with Gasteiger partial charge in [0, 0.05) is 18.8 Å². The van der Waals surface area contributed by atoms with Gasteiger partial charge < -0.3 is 14.2 Å². The van der Waals surface area contributed by atoms with Gasteiger partial charge in [0.25, 0.3) is 0 Å². The molecule has 0 N–H and O–H groups in total. The number of fused-ring (bicyclic) bond motifs is 5. The normalized spacial score (nSPS) is 45.7. The highest BCUT2D eigenvalue weighted by Crippen LogP contribution is 2.49. The van der Waals surface area contributed by atoms with Crippen LogP contribution >= 0.6 is 0 Å². The molecular formula is C13H18O4. The number of ether oxygens (including phenoxy) is 3. The first-order valence-electron chi connectivity index (χ1n) is 6.17. The minimum absolute atomic E-state index is 0.0503. The Hall–Kier alpha value is -0.870. The second-order valence-electron chi connectivity index (χ2n) is 5.59. The highest BCUT2D eigenvalue weighted by molar-refractivity contribution is 5.66. The SMILES string of the molecule is CC(=O)O[C@@H]1C=C[C@H]2C[C@@H]1[C@@H]1OC(C)(C)O[C@@H]12. The van der Waals surface area contributed by atoms with Crippen molar-refractivity contribution in [2.24, 2.45) is 11.8 Å². The standard InChI is InChI=1S/C13H18O4/c1-7(14)15-10-5-4-8-6-9(10)12-11(8)16-13(2,3)17-12/h4-5,8-12H,6H2,1-3H3/t8-,9-,10+,11+,12-/m0/s1. The van der Waals surface area contributed by atoms with Crippen molar-refractivity contribution in [1.82, 2.24) is 0 Å². The molecular weight excluding hydrogens is 220 g/mol. The highest BCUT2D eigenvalue weighted by atomic mass is 16.8. The van der Waals surface area contributed by atoms with Crippen LogP contribution in [0.15, 0.2) is 12.2 Å². The average molecular weight is 238 g/mol. The van der Waals surface area contributed by atoms with E-state index in [-0.39, 0.29) is 30.2 Å². The zero-order valence-electron chi connectivity index (χ0n) is 10.4. The molecule has 1 aliphatic heterocycles. The van der Waals surface area contributed by atoms with Crippen LogP contribution in [0.5, 0.6) is 0 Å². The van der Waals surface area contributed by atoms with Crippen molar-refractivity contribution in [3.63, 3.8) is 0 Å². The van der Waals surface area contributed by atoms with Crippen molar-refractivity contribution in [2.75, 3.05) is 0 Å². The number of esters is 1. The average Bonchev–Trinajstić information content (AvgIpc) is 2.65. The van der Waals surface area contributed by atoms with Gasteiger partial charge in [-0.1, -0.05) is 6.08 Å². The molecule has 4 nitrogen and oxygen atoms in total. The molecule has 0 aromatic heterocycles. The zero-order chi connectivity index (χ0) is 12.2. The fourth-order valence-corrected chi connectivity index (χ4v) is 3.28. The van der Waals surface area contributed by atoms with Crippen molar-refractivity contribution in [2.45, 2.75) is 51.3 Å². The van der Waals surface area contributed by atoms with Gasteiger partial charge in [-0.3, -0.25) is 4.79 Å². The summed E-state index contributed by atoms with van der Waals surface area (Å²) in [5.41, 5.74) is 0. The molecule has 0 aromatic carbocycles. The van der Waals surface area contributed by atoms with E-state index in [0.29, 0.717) is 5.92 Å². The van der Waals surface area contributed by atoms with E-state index in [4.69, 9.17) is 14.2 Å². The second-order valence-corrected chi connectivity index (χ2v) is 5.59. The van der Waals surface area contributed by atoms with Gasteiger partial charge in [0.1, 0.15) is 6.10 Å². The molecule has 3 aliphatic rings.